The summed E-state index contributed by atoms with van der Waals surface area (Å²) in [5.41, 5.74) is 1.92. The van der Waals surface area contributed by atoms with E-state index >= 15 is 0 Å². The highest BCUT2D eigenvalue weighted by atomic mass is 35.5. The number of anilines is 1. The van der Waals surface area contributed by atoms with Gasteiger partial charge in [-0.15, -0.1) is 11.3 Å². The molecule has 1 N–H and O–H groups in total. The molecule has 0 aliphatic heterocycles. The first kappa shape index (κ1) is 17.4. The highest BCUT2D eigenvalue weighted by Crippen LogP contribution is 2.23. The van der Waals surface area contributed by atoms with Gasteiger partial charge in [-0.3, -0.25) is 9.59 Å². The standard InChI is InChI=1S/C18H16ClN3O2S/c1-12-5-6-13(9-15(12)19)8-14-10-20-18(25-14)21-16(23)11-22-7-3-2-4-17(22)24/h2-7,9-10H,8,11H2,1H3,(H,20,21,23). The van der Waals surface area contributed by atoms with Gasteiger partial charge < -0.3 is 9.88 Å². The Morgan fingerprint density at radius 3 is 2.92 bits per heavy atom. The van der Waals surface area contributed by atoms with Gasteiger partial charge in [0, 0.05) is 34.8 Å². The van der Waals surface area contributed by atoms with Crippen molar-refractivity contribution in [3.05, 3.63) is 80.2 Å². The molecule has 1 aromatic carbocycles. The lowest BCUT2D eigenvalue weighted by Crippen LogP contribution is -2.26. The number of thiazole rings is 1. The molecule has 0 atom stereocenters. The van der Waals surface area contributed by atoms with Crippen molar-refractivity contribution in [1.82, 2.24) is 9.55 Å². The summed E-state index contributed by atoms with van der Waals surface area (Å²) in [6, 6.07) is 10.7. The molecule has 3 aromatic rings. The smallest absolute Gasteiger partial charge is 0.250 e. The second-order valence-corrected chi connectivity index (χ2v) is 7.13. The van der Waals surface area contributed by atoms with Crippen LogP contribution in [0.3, 0.4) is 0 Å². The summed E-state index contributed by atoms with van der Waals surface area (Å²) >= 11 is 7.55. The molecule has 3 rings (SSSR count). The van der Waals surface area contributed by atoms with Crippen LogP contribution in [0.25, 0.3) is 0 Å². The van der Waals surface area contributed by atoms with Gasteiger partial charge in [0.25, 0.3) is 5.56 Å². The van der Waals surface area contributed by atoms with Crippen molar-refractivity contribution in [3.63, 3.8) is 0 Å². The maximum Gasteiger partial charge on any atom is 0.250 e. The summed E-state index contributed by atoms with van der Waals surface area (Å²) in [5.74, 6) is -0.285. The zero-order valence-electron chi connectivity index (χ0n) is 13.5. The van der Waals surface area contributed by atoms with Crippen LogP contribution in [0.15, 0.2) is 53.6 Å². The summed E-state index contributed by atoms with van der Waals surface area (Å²) in [7, 11) is 0. The highest BCUT2D eigenvalue weighted by molar-refractivity contribution is 7.15. The first-order chi connectivity index (χ1) is 12.0. The maximum absolute atomic E-state index is 12.1. The fourth-order valence-electron chi connectivity index (χ4n) is 2.30. The van der Waals surface area contributed by atoms with Gasteiger partial charge in [-0.25, -0.2) is 4.98 Å². The van der Waals surface area contributed by atoms with Crippen LogP contribution < -0.4 is 10.9 Å². The van der Waals surface area contributed by atoms with E-state index in [1.54, 1.807) is 24.5 Å². The number of pyridine rings is 1. The Bertz CT molecular complexity index is 965. The van der Waals surface area contributed by atoms with Gasteiger partial charge in [0.15, 0.2) is 5.13 Å². The molecule has 0 radical (unpaired) electrons. The number of aryl methyl sites for hydroxylation is 1. The van der Waals surface area contributed by atoms with Crippen molar-refractivity contribution in [2.45, 2.75) is 19.9 Å². The molecular weight excluding hydrogens is 358 g/mol. The summed E-state index contributed by atoms with van der Waals surface area (Å²) in [6.07, 6.45) is 4.02. The Kier molecular flexibility index (Phi) is 5.31. The Balaban J connectivity index is 1.63. The summed E-state index contributed by atoms with van der Waals surface area (Å²) in [6.45, 7) is 1.92. The van der Waals surface area contributed by atoms with E-state index < -0.39 is 0 Å². The molecule has 0 aliphatic carbocycles. The van der Waals surface area contributed by atoms with Crippen LogP contribution in [0, 0.1) is 6.92 Å². The molecule has 7 heteroatoms. The van der Waals surface area contributed by atoms with Crippen molar-refractivity contribution in [1.29, 1.82) is 0 Å². The summed E-state index contributed by atoms with van der Waals surface area (Å²) in [5, 5.41) is 3.98. The number of rotatable bonds is 5. The molecule has 0 bridgehead atoms. The molecule has 0 aliphatic rings. The lowest BCUT2D eigenvalue weighted by atomic mass is 10.1. The number of nitrogens with zero attached hydrogens (tertiary/aromatic N) is 2. The number of aromatic nitrogens is 2. The molecule has 0 spiro atoms. The van der Waals surface area contributed by atoms with E-state index in [9.17, 15) is 9.59 Å². The number of carbonyl (C=O) groups is 1. The van der Waals surface area contributed by atoms with Crippen molar-refractivity contribution in [2.24, 2.45) is 0 Å². The van der Waals surface area contributed by atoms with Crippen LogP contribution >= 0.6 is 22.9 Å². The van der Waals surface area contributed by atoms with Crippen LogP contribution in [0.5, 0.6) is 0 Å². The average molecular weight is 374 g/mol. The van der Waals surface area contributed by atoms with Gasteiger partial charge >= 0.3 is 0 Å². The SMILES string of the molecule is Cc1ccc(Cc2cnc(NC(=O)Cn3ccccc3=O)s2)cc1Cl. The predicted molar refractivity (Wildman–Crippen MR) is 100 cm³/mol. The molecule has 2 heterocycles. The van der Waals surface area contributed by atoms with E-state index in [2.05, 4.69) is 10.3 Å². The minimum absolute atomic E-state index is 0.0395. The normalized spacial score (nSPS) is 10.6. The molecule has 0 saturated carbocycles. The van der Waals surface area contributed by atoms with E-state index in [4.69, 9.17) is 11.6 Å². The molecule has 1 amide bonds. The zero-order chi connectivity index (χ0) is 17.8. The van der Waals surface area contributed by atoms with Gasteiger partial charge in [-0.1, -0.05) is 29.8 Å². The monoisotopic (exact) mass is 373 g/mol. The molecule has 5 nitrogen and oxygen atoms in total. The Morgan fingerprint density at radius 2 is 2.16 bits per heavy atom. The lowest BCUT2D eigenvalue weighted by molar-refractivity contribution is -0.116. The second kappa shape index (κ2) is 7.63. The van der Waals surface area contributed by atoms with Crippen LogP contribution in [-0.2, 0) is 17.8 Å². The second-order valence-electron chi connectivity index (χ2n) is 5.61. The number of benzene rings is 1. The molecule has 128 valence electrons. The Morgan fingerprint density at radius 1 is 1.32 bits per heavy atom. The fourth-order valence-corrected chi connectivity index (χ4v) is 3.37. The Labute approximate surface area is 153 Å². The van der Waals surface area contributed by atoms with Crippen LogP contribution in [0.2, 0.25) is 5.02 Å². The third-order valence-electron chi connectivity index (χ3n) is 3.63. The number of carbonyl (C=O) groups excluding carboxylic acids is 1. The van der Waals surface area contributed by atoms with Gasteiger partial charge in [0.05, 0.1) is 0 Å². The number of hydrogen-bond acceptors (Lipinski definition) is 4. The third kappa shape index (κ3) is 4.55. The molecular formula is C18H16ClN3O2S. The number of nitrogens with one attached hydrogen (secondary N) is 1. The molecule has 25 heavy (non-hydrogen) atoms. The van der Waals surface area contributed by atoms with Gasteiger partial charge in [-0.05, 0) is 30.2 Å². The minimum atomic E-state index is -0.285. The first-order valence-electron chi connectivity index (χ1n) is 7.66. The Hall–Kier alpha value is -2.44. The minimum Gasteiger partial charge on any atom is -0.306 e. The highest BCUT2D eigenvalue weighted by Gasteiger charge is 2.09. The lowest BCUT2D eigenvalue weighted by Gasteiger charge is -2.04. The van der Waals surface area contributed by atoms with Crippen LogP contribution in [-0.4, -0.2) is 15.5 Å². The van der Waals surface area contributed by atoms with E-state index in [1.807, 2.05) is 25.1 Å². The average Bonchev–Trinajstić information content (AvgIpc) is 3.00. The molecule has 2 aromatic heterocycles. The van der Waals surface area contributed by atoms with Crippen LogP contribution in [0.4, 0.5) is 5.13 Å². The predicted octanol–water partition coefficient (Wildman–Crippen LogP) is 3.50. The van der Waals surface area contributed by atoms with E-state index in [1.165, 1.54) is 22.0 Å². The molecule has 0 unspecified atom stereocenters. The fraction of sp³-hybridized carbons (Fsp3) is 0.167. The van der Waals surface area contributed by atoms with Gasteiger partial charge in [0.2, 0.25) is 5.91 Å². The third-order valence-corrected chi connectivity index (χ3v) is 4.95. The van der Waals surface area contributed by atoms with E-state index in [0.717, 1.165) is 21.0 Å². The van der Waals surface area contributed by atoms with Gasteiger partial charge in [0.1, 0.15) is 6.54 Å². The summed E-state index contributed by atoms with van der Waals surface area (Å²) in [4.78, 5) is 28.9. The first-order valence-corrected chi connectivity index (χ1v) is 8.86. The van der Waals surface area contributed by atoms with Crippen molar-refractivity contribution < 1.29 is 4.79 Å². The zero-order valence-corrected chi connectivity index (χ0v) is 15.1. The molecule has 0 fully saturated rings. The van der Waals surface area contributed by atoms with Crippen LogP contribution in [0.1, 0.15) is 16.0 Å². The van der Waals surface area contributed by atoms with Crippen molar-refractivity contribution in [2.75, 3.05) is 5.32 Å². The number of amides is 1. The molecule has 0 saturated heterocycles. The topological polar surface area (TPSA) is 64.0 Å². The number of halogens is 1. The van der Waals surface area contributed by atoms with Crippen molar-refractivity contribution >= 4 is 34.0 Å². The summed E-state index contributed by atoms with van der Waals surface area (Å²) < 4.78 is 1.35. The van der Waals surface area contributed by atoms with E-state index in [0.29, 0.717) is 11.6 Å². The van der Waals surface area contributed by atoms with E-state index in [-0.39, 0.29) is 18.0 Å². The largest absolute Gasteiger partial charge is 0.306 e. The number of hydrogen-bond donors (Lipinski definition) is 1. The van der Waals surface area contributed by atoms with Crippen molar-refractivity contribution in [3.8, 4) is 0 Å². The quantitative estimate of drug-likeness (QED) is 0.744. The maximum atomic E-state index is 12.1. The van der Waals surface area contributed by atoms with Gasteiger partial charge in [-0.2, -0.15) is 0 Å².